The lowest BCUT2D eigenvalue weighted by Gasteiger charge is -2.24. The number of carbonyl (C=O) groups is 2. The molecule has 6 heteroatoms. The summed E-state index contributed by atoms with van der Waals surface area (Å²) in [5.41, 5.74) is 0. The van der Waals surface area contributed by atoms with Gasteiger partial charge in [-0.25, -0.2) is 0 Å². The molecule has 3 N–H and O–H groups in total. The number of unbranched alkanes of at least 4 members (excludes halogenated alkanes) is 26. The Bertz CT molecular complexity index is 1130. The largest absolute Gasteiger partial charge is 0.462 e. The Morgan fingerprint density at radius 1 is 0.476 bits per heavy atom. The minimum atomic E-state index is -0.803. The monoisotopic (exact) mass is 882 g/mol. The Kier molecular flexibility index (Phi) is 48.6. The number of ether oxygens (including phenoxy) is 1. The van der Waals surface area contributed by atoms with Crippen molar-refractivity contribution >= 4 is 11.9 Å². The Labute approximate surface area is 390 Å². The fourth-order valence-electron chi connectivity index (χ4n) is 8.01. The molecule has 366 valence electrons. The van der Waals surface area contributed by atoms with Crippen LogP contribution in [-0.4, -0.2) is 46.9 Å². The zero-order chi connectivity index (χ0) is 45.9. The molecular weight excluding hydrogens is 779 g/mol. The van der Waals surface area contributed by atoms with Crippen LogP contribution in [0.5, 0.6) is 0 Å². The van der Waals surface area contributed by atoms with E-state index < -0.39 is 18.2 Å². The summed E-state index contributed by atoms with van der Waals surface area (Å²) in [6.45, 7) is 6.36. The molecule has 0 radical (unpaired) electrons. The standard InChI is InChI=1S/C57H103NO5/c1-4-7-10-13-16-19-22-25-27-28-29-32-35-38-41-44-47-50-57(62)63-53(48-45-42-39-36-33-31-26-23-20-17-14-11-8-5-2)51-56(61)58-54(52-59)55(60)49-46-43-40-37-34-30-24-21-18-15-12-9-6-3/h8,11,17,20,25-27,31,36,39,53-55,59-60H,4-7,9-10,12-16,18-19,21-24,28-30,32-35,37-38,40-52H2,1-3H3,(H,58,61)/b11-8+,20-17+,27-25+,31-26+,39-36+. The SMILES string of the molecule is CC/C=C/C/C=C/C/C=C/C/C=C/CCCC(CC(=O)NC(CO)C(O)CCCCCCCCCCCCCCC)OC(=O)CCCCCCCCC/C=C/CCCCCCCC. The summed E-state index contributed by atoms with van der Waals surface area (Å²) < 4.78 is 5.92. The van der Waals surface area contributed by atoms with Gasteiger partial charge in [-0.2, -0.15) is 0 Å². The van der Waals surface area contributed by atoms with E-state index in [-0.39, 0.29) is 24.9 Å². The van der Waals surface area contributed by atoms with Crippen LogP contribution in [0.4, 0.5) is 0 Å². The lowest BCUT2D eigenvalue weighted by molar-refractivity contribution is -0.151. The van der Waals surface area contributed by atoms with Gasteiger partial charge in [0.05, 0.1) is 25.2 Å². The van der Waals surface area contributed by atoms with E-state index in [9.17, 15) is 19.8 Å². The van der Waals surface area contributed by atoms with E-state index in [1.54, 1.807) is 0 Å². The van der Waals surface area contributed by atoms with Crippen LogP contribution in [0, 0.1) is 0 Å². The number of aliphatic hydroxyl groups excluding tert-OH is 2. The predicted octanol–water partition coefficient (Wildman–Crippen LogP) is 16.4. The third-order valence-electron chi connectivity index (χ3n) is 12.1. The van der Waals surface area contributed by atoms with Crippen LogP contribution in [0.3, 0.4) is 0 Å². The van der Waals surface area contributed by atoms with E-state index in [2.05, 4.69) is 86.8 Å². The Balaban J connectivity index is 4.63. The molecule has 0 saturated carbocycles. The van der Waals surface area contributed by atoms with E-state index in [0.717, 1.165) is 77.0 Å². The predicted molar refractivity (Wildman–Crippen MR) is 273 cm³/mol. The minimum Gasteiger partial charge on any atom is -0.462 e. The molecule has 0 aliphatic rings. The van der Waals surface area contributed by atoms with Gasteiger partial charge in [0.15, 0.2) is 0 Å². The highest BCUT2D eigenvalue weighted by molar-refractivity contribution is 5.77. The average Bonchev–Trinajstić information content (AvgIpc) is 3.28. The highest BCUT2D eigenvalue weighted by atomic mass is 16.5. The van der Waals surface area contributed by atoms with Crippen molar-refractivity contribution in [2.45, 2.75) is 283 Å². The van der Waals surface area contributed by atoms with E-state index >= 15 is 0 Å². The molecule has 1 amide bonds. The van der Waals surface area contributed by atoms with Crippen LogP contribution in [0.25, 0.3) is 0 Å². The first-order chi connectivity index (χ1) is 31.0. The molecule has 0 bridgehead atoms. The summed E-state index contributed by atoms with van der Waals surface area (Å²) in [5.74, 6) is -0.529. The molecule has 0 rings (SSSR count). The molecule has 0 aromatic heterocycles. The second-order valence-electron chi connectivity index (χ2n) is 18.2. The smallest absolute Gasteiger partial charge is 0.306 e. The minimum absolute atomic E-state index is 0.0378. The Hall–Kier alpha value is -2.44. The normalized spacial score (nSPS) is 13.7. The molecule has 0 fully saturated rings. The highest BCUT2D eigenvalue weighted by Gasteiger charge is 2.24. The van der Waals surface area contributed by atoms with Gasteiger partial charge in [-0.1, -0.05) is 229 Å². The summed E-state index contributed by atoms with van der Waals surface area (Å²) in [6.07, 6.45) is 62.9. The molecule has 6 nitrogen and oxygen atoms in total. The van der Waals surface area contributed by atoms with Crippen LogP contribution in [0.2, 0.25) is 0 Å². The number of hydrogen-bond acceptors (Lipinski definition) is 5. The van der Waals surface area contributed by atoms with Crippen LogP contribution in [0.15, 0.2) is 60.8 Å². The quantitative estimate of drug-likeness (QED) is 0.0321. The summed E-state index contributed by atoms with van der Waals surface area (Å²) >= 11 is 0. The summed E-state index contributed by atoms with van der Waals surface area (Å²) in [6, 6.07) is -0.720. The molecule has 0 aromatic rings. The van der Waals surface area contributed by atoms with Crippen LogP contribution in [0.1, 0.15) is 265 Å². The summed E-state index contributed by atoms with van der Waals surface area (Å²) in [5, 5.41) is 23.8. The molecular formula is C57H103NO5. The van der Waals surface area contributed by atoms with Crippen LogP contribution < -0.4 is 5.32 Å². The number of esters is 1. The molecule has 0 aliphatic carbocycles. The van der Waals surface area contributed by atoms with Crippen molar-refractivity contribution in [3.63, 3.8) is 0 Å². The third kappa shape index (κ3) is 45.9. The van der Waals surface area contributed by atoms with Gasteiger partial charge in [0.25, 0.3) is 0 Å². The third-order valence-corrected chi connectivity index (χ3v) is 12.1. The van der Waals surface area contributed by atoms with Gasteiger partial charge in [0, 0.05) is 6.42 Å². The highest BCUT2D eigenvalue weighted by Crippen LogP contribution is 2.17. The van der Waals surface area contributed by atoms with Gasteiger partial charge in [-0.15, -0.1) is 0 Å². The Morgan fingerprint density at radius 2 is 0.873 bits per heavy atom. The zero-order valence-electron chi connectivity index (χ0n) is 41.7. The van der Waals surface area contributed by atoms with Gasteiger partial charge in [-0.05, 0) is 83.5 Å². The van der Waals surface area contributed by atoms with Crippen molar-refractivity contribution in [1.82, 2.24) is 5.32 Å². The molecule has 63 heavy (non-hydrogen) atoms. The van der Waals surface area contributed by atoms with Gasteiger partial charge in [-0.3, -0.25) is 9.59 Å². The van der Waals surface area contributed by atoms with E-state index in [1.165, 1.54) is 141 Å². The lowest BCUT2D eigenvalue weighted by Crippen LogP contribution is -2.46. The maximum Gasteiger partial charge on any atom is 0.306 e. The zero-order valence-corrected chi connectivity index (χ0v) is 41.7. The summed E-state index contributed by atoms with van der Waals surface area (Å²) in [4.78, 5) is 26.2. The van der Waals surface area contributed by atoms with Crippen molar-refractivity contribution in [1.29, 1.82) is 0 Å². The van der Waals surface area contributed by atoms with Gasteiger partial charge < -0.3 is 20.3 Å². The fraction of sp³-hybridized carbons (Fsp3) is 0.789. The first kappa shape index (κ1) is 60.6. The molecule has 3 atom stereocenters. The van der Waals surface area contributed by atoms with E-state index in [4.69, 9.17) is 4.74 Å². The fourth-order valence-corrected chi connectivity index (χ4v) is 8.01. The molecule has 0 aromatic carbocycles. The topological polar surface area (TPSA) is 95.9 Å². The van der Waals surface area contributed by atoms with Gasteiger partial charge >= 0.3 is 5.97 Å². The maximum atomic E-state index is 13.2. The molecule has 0 spiro atoms. The first-order valence-electron chi connectivity index (χ1n) is 27.0. The van der Waals surface area contributed by atoms with Crippen molar-refractivity contribution in [3.8, 4) is 0 Å². The summed E-state index contributed by atoms with van der Waals surface area (Å²) in [7, 11) is 0. The number of carbonyl (C=O) groups excluding carboxylic acids is 2. The molecule has 0 saturated heterocycles. The second kappa shape index (κ2) is 50.6. The number of allylic oxidation sites excluding steroid dienone is 10. The number of hydrogen-bond donors (Lipinski definition) is 3. The molecule has 0 heterocycles. The van der Waals surface area contributed by atoms with Crippen LogP contribution >= 0.6 is 0 Å². The van der Waals surface area contributed by atoms with Crippen molar-refractivity contribution in [2.24, 2.45) is 0 Å². The number of amides is 1. The molecule has 0 aliphatic heterocycles. The van der Waals surface area contributed by atoms with Gasteiger partial charge in [0.1, 0.15) is 6.10 Å². The Morgan fingerprint density at radius 3 is 1.35 bits per heavy atom. The van der Waals surface area contributed by atoms with E-state index in [1.807, 2.05) is 0 Å². The molecule has 3 unspecified atom stereocenters. The second-order valence-corrected chi connectivity index (χ2v) is 18.2. The average molecular weight is 882 g/mol. The van der Waals surface area contributed by atoms with Crippen molar-refractivity contribution in [2.75, 3.05) is 6.61 Å². The van der Waals surface area contributed by atoms with Crippen molar-refractivity contribution < 1.29 is 24.5 Å². The van der Waals surface area contributed by atoms with E-state index in [0.29, 0.717) is 19.3 Å². The van der Waals surface area contributed by atoms with Gasteiger partial charge in [0.2, 0.25) is 5.91 Å². The lowest BCUT2D eigenvalue weighted by atomic mass is 10.0. The number of aliphatic hydroxyl groups is 2. The first-order valence-corrected chi connectivity index (χ1v) is 27.0. The van der Waals surface area contributed by atoms with Crippen LogP contribution in [-0.2, 0) is 14.3 Å². The number of nitrogens with one attached hydrogen (secondary N) is 1. The maximum absolute atomic E-state index is 13.2. The number of rotatable bonds is 48. The van der Waals surface area contributed by atoms with Crippen molar-refractivity contribution in [3.05, 3.63) is 60.8 Å².